The average Bonchev–Trinajstić information content (AvgIpc) is 2.85. The molecule has 8 heteroatoms. The first-order valence-electron chi connectivity index (χ1n) is 11.7. The molecule has 3 aromatic rings. The molecule has 2 heterocycles. The molecule has 0 radical (unpaired) electrons. The highest BCUT2D eigenvalue weighted by molar-refractivity contribution is 5.94. The van der Waals surface area contributed by atoms with E-state index >= 15 is 0 Å². The van der Waals surface area contributed by atoms with Crippen molar-refractivity contribution < 1.29 is 23.0 Å². The summed E-state index contributed by atoms with van der Waals surface area (Å²) in [5.74, 6) is -1.48. The van der Waals surface area contributed by atoms with Gasteiger partial charge in [-0.05, 0) is 49.2 Å². The summed E-state index contributed by atoms with van der Waals surface area (Å²) in [5.41, 5.74) is 2.46. The molecular weight excluding hydrogens is 452 g/mol. The number of benzene rings is 2. The van der Waals surface area contributed by atoms with Crippen molar-refractivity contribution in [2.45, 2.75) is 33.1 Å². The first-order valence-corrected chi connectivity index (χ1v) is 11.7. The normalized spacial score (nSPS) is 14.3. The van der Waals surface area contributed by atoms with Crippen LogP contribution in [-0.2, 0) is 17.9 Å². The molecule has 0 amide bonds. The van der Waals surface area contributed by atoms with Gasteiger partial charge in [0.05, 0.1) is 6.10 Å². The van der Waals surface area contributed by atoms with Crippen LogP contribution in [0.1, 0.15) is 35.3 Å². The molecule has 0 saturated carbocycles. The van der Waals surface area contributed by atoms with E-state index in [1.807, 2.05) is 38.1 Å². The maximum absolute atomic E-state index is 13.7. The van der Waals surface area contributed by atoms with Gasteiger partial charge in [0.1, 0.15) is 18.0 Å². The molecule has 0 N–H and O–H groups in total. The number of ether oxygens (including phenoxy) is 2. The van der Waals surface area contributed by atoms with Crippen LogP contribution in [0.25, 0.3) is 0 Å². The molecule has 184 valence electrons. The maximum Gasteiger partial charge on any atom is 0.342 e. The van der Waals surface area contributed by atoms with Crippen LogP contribution in [0.15, 0.2) is 60.8 Å². The average molecular weight is 482 g/mol. The third-order valence-electron chi connectivity index (χ3n) is 5.75. The first kappa shape index (κ1) is 24.6. The minimum Gasteiger partial charge on any atom is -0.483 e. The van der Waals surface area contributed by atoms with Gasteiger partial charge in [0.25, 0.3) is 0 Å². The topological polar surface area (TPSA) is 54.9 Å². The van der Waals surface area contributed by atoms with Gasteiger partial charge >= 0.3 is 5.97 Å². The number of halogens is 2. The van der Waals surface area contributed by atoms with Crippen molar-refractivity contribution in [1.29, 1.82) is 0 Å². The van der Waals surface area contributed by atoms with E-state index in [0.29, 0.717) is 11.4 Å². The number of pyridine rings is 1. The molecule has 2 aromatic carbocycles. The number of piperazine rings is 1. The summed E-state index contributed by atoms with van der Waals surface area (Å²) in [4.78, 5) is 21.4. The lowest BCUT2D eigenvalue weighted by Crippen LogP contribution is -2.46. The monoisotopic (exact) mass is 481 g/mol. The highest BCUT2D eigenvalue weighted by Gasteiger charge is 2.23. The molecule has 1 aliphatic heterocycles. The molecule has 0 unspecified atom stereocenters. The molecule has 1 aromatic heterocycles. The standard InChI is InChI=1S/C27H29F2N3O3/c1-19(2)35-27(33)22-5-4-12-30-26(22)32-15-13-31(14-16-32)17-20-8-10-21(11-9-20)18-34-25-23(28)6-3-7-24(25)29/h3-12,19H,13-18H2,1-2H3. The second-order valence-corrected chi connectivity index (χ2v) is 8.75. The Morgan fingerprint density at radius 1 is 0.943 bits per heavy atom. The second-order valence-electron chi connectivity index (χ2n) is 8.75. The summed E-state index contributed by atoms with van der Waals surface area (Å²) in [7, 11) is 0. The summed E-state index contributed by atoms with van der Waals surface area (Å²) in [5, 5.41) is 0. The summed E-state index contributed by atoms with van der Waals surface area (Å²) in [6, 6.07) is 15.0. The maximum atomic E-state index is 13.7. The number of esters is 1. The Morgan fingerprint density at radius 3 is 2.26 bits per heavy atom. The van der Waals surface area contributed by atoms with Crippen LogP contribution in [0.4, 0.5) is 14.6 Å². The zero-order valence-corrected chi connectivity index (χ0v) is 19.9. The van der Waals surface area contributed by atoms with E-state index in [1.54, 1.807) is 18.3 Å². The molecule has 0 aliphatic carbocycles. The van der Waals surface area contributed by atoms with Crippen molar-refractivity contribution in [3.63, 3.8) is 0 Å². The fraction of sp³-hybridized carbons (Fsp3) is 0.333. The molecule has 0 spiro atoms. The lowest BCUT2D eigenvalue weighted by molar-refractivity contribution is 0.0378. The van der Waals surface area contributed by atoms with Gasteiger partial charge < -0.3 is 14.4 Å². The van der Waals surface area contributed by atoms with E-state index < -0.39 is 11.6 Å². The van der Waals surface area contributed by atoms with Gasteiger partial charge in [-0.25, -0.2) is 18.6 Å². The highest BCUT2D eigenvalue weighted by atomic mass is 19.1. The minimum absolute atomic E-state index is 0.0858. The Kier molecular flexibility index (Phi) is 7.92. The van der Waals surface area contributed by atoms with Crippen LogP contribution < -0.4 is 9.64 Å². The number of nitrogens with zero attached hydrogens (tertiary/aromatic N) is 3. The number of anilines is 1. The van der Waals surface area contributed by atoms with Crippen LogP contribution in [0, 0.1) is 11.6 Å². The van der Waals surface area contributed by atoms with Crippen LogP contribution in [-0.4, -0.2) is 48.1 Å². The third kappa shape index (κ3) is 6.33. The lowest BCUT2D eigenvalue weighted by atomic mass is 10.1. The van der Waals surface area contributed by atoms with E-state index in [-0.39, 0.29) is 24.4 Å². The largest absolute Gasteiger partial charge is 0.483 e. The number of aromatic nitrogens is 1. The summed E-state index contributed by atoms with van der Waals surface area (Å²) >= 11 is 0. The second kappa shape index (κ2) is 11.3. The Balaban J connectivity index is 1.30. The number of hydrogen-bond donors (Lipinski definition) is 0. The SMILES string of the molecule is CC(C)OC(=O)c1cccnc1N1CCN(Cc2ccc(COc3c(F)cccc3F)cc2)CC1. The quantitative estimate of drug-likeness (QED) is 0.430. The summed E-state index contributed by atoms with van der Waals surface area (Å²) in [6.07, 6.45) is 1.51. The van der Waals surface area contributed by atoms with Crippen molar-refractivity contribution in [2.24, 2.45) is 0 Å². The smallest absolute Gasteiger partial charge is 0.342 e. The van der Waals surface area contributed by atoms with Crippen LogP contribution >= 0.6 is 0 Å². The van der Waals surface area contributed by atoms with Crippen molar-refractivity contribution >= 4 is 11.8 Å². The van der Waals surface area contributed by atoms with Crippen molar-refractivity contribution in [3.05, 3.63) is 89.1 Å². The third-order valence-corrected chi connectivity index (χ3v) is 5.75. The Bertz CT molecular complexity index is 1130. The van der Waals surface area contributed by atoms with Gasteiger partial charge in [0, 0.05) is 38.9 Å². The number of para-hydroxylation sites is 1. The molecule has 35 heavy (non-hydrogen) atoms. The Morgan fingerprint density at radius 2 is 1.60 bits per heavy atom. The van der Waals surface area contributed by atoms with E-state index in [2.05, 4.69) is 14.8 Å². The van der Waals surface area contributed by atoms with Crippen molar-refractivity contribution in [3.8, 4) is 5.75 Å². The van der Waals surface area contributed by atoms with Crippen LogP contribution in [0.5, 0.6) is 5.75 Å². The molecule has 1 saturated heterocycles. The molecular formula is C27H29F2N3O3. The predicted octanol–water partition coefficient (Wildman–Crippen LogP) is 4.83. The summed E-state index contributed by atoms with van der Waals surface area (Å²) < 4.78 is 38.2. The van der Waals surface area contributed by atoms with Crippen molar-refractivity contribution in [1.82, 2.24) is 9.88 Å². The summed E-state index contributed by atoms with van der Waals surface area (Å²) in [6.45, 7) is 7.67. The Labute approximate surface area is 204 Å². The number of rotatable bonds is 8. The predicted molar refractivity (Wildman–Crippen MR) is 129 cm³/mol. The number of carbonyl (C=O) groups excluding carboxylic acids is 1. The number of carbonyl (C=O) groups is 1. The van der Waals surface area contributed by atoms with E-state index in [9.17, 15) is 13.6 Å². The molecule has 1 fully saturated rings. The molecule has 1 aliphatic rings. The highest BCUT2D eigenvalue weighted by Crippen LogP contribution is 2.23. The zero-order valence-electron chi connectivity index (χ0n) is 19.9. The van der Waals surface area contributed by atoms with E-state index in [4.69, 9.17) is 9.47 Å². The molecule has 0 bridgehead atoms. The van der Waals surface area contributed by atoms with Gasteiger partial charge in [-0.1, -0.05) is 30.3 Å². The van der Waals surface area contributed by atoms with Crippen molar-refractivity contribution in [2.75, 3.05) is 31.1 Å². The van der Waals surface area contributed by atoms with E-state index in [1.165, 1.54) is 18.2 Å². The first-order chi connectivity index (χ1) is 16.9. The van der Waals surface area contributed by atoms with Crippen LogP contribution in [0.3, 0.4) is 0 Å². The minimum atomic E-state index is -0.713. The number of hydrogen-bond acceptors (Lipinski definition) is 6. The van der Waals surface area contributed by atoms with Gasteiger partial charge in [-0.15, -0.1) is 0 Å². The lowest BCUT2D eigenvalue weighted by Gasteiger charge is -2.36. The van der Waals surface area contributed by atoms with Crippen LogP contribution in [0.2, 0.25) is 0 Å². The zero-order chi connectivity index (χ0) is 24.8. The molecule has 4 rings (SSSR count). The van der Waals surface area contributed by atoms with Gasteiger partial charge in [0.15, 0.2) is 17.4 Å². The molecule has 6 nitrogen and oxygen atoms in total. The molecule has 0 atom stereocenters. The van der Waals surface area contributed by atoms with Gasteiger partial charge in [-0.3, -0.25) is 4.90 Å². The fourth-order valence-electron chi connectivity index (χ4n) is 3.98. The Hall–Kier alpha value is -3.52. The van der Waals surface area contributed by atoms with E-state index in [0.717, 1.165) is 43.9 Å². The van der Waals surface area contributed by atoms with Gasteiger partial charge in [-0.2, -0.15) is 0 Å². The fourth-order valence-corrected chi connectivity index (χ4v) is 3.98. The van der Waals surface area contributed by atoms with Gasteiger partial charge in [0.2, 0.25) is 0 Å².